The van der Waals surface area contributed by atoms with Crippen molar-refractivity contribution in [1.29, 1.82) is 0 Å². The first-order valence-corrected chi connectivity index (χ1v) is 8.33. The van der Waals surface area contributed by atoms with E-state index in [2.05, 4.69) is 33.5 Å². The zero-order chi connectivity index (χ0) is 13.6. The Labute approximate surface area is 120 Å². The number of hydrogen-bond donors (Lipinski definition) is 0. The maximum Gasteiger partial charge on any atom is 0.317 e. The van der Waals surface area contributed by atoms with Crippen molar-refractivity contribution in [1.82, 2.24) is 0 Å². The number of hydrogen-bond acceptors (Lipinski definition) is 2. The second-order valence-corrected chi connectivity index (χ2v) is 7.36. The van der Waals surface area contributed by atoms with Gasteiger partial charge in [0, 0.05) is 26.4 Å². The first-order chi connectivity index (χ1) is 8.36. The van der Waals surface area contributed by atoms with Gasteiger partial charge in [-0.15, -0.1) is 0 Å². The number of benzene rings is 2. The summed E-state index contributed by atoms with van der Waals surface area (Å²) < 4.78 is 18.3. The third-order valence-electron chi connectivity index (χ3n) is 1.95. The van der Waals surface area contributed by atoms with Crippen LogP contribution in [0.4, 0.5) is 0 Å². The quantitative estimate of drug-likeness (QED) is 0.712. The minimum absolute atomic E-state index is 0.777. The Hall–Kier alpha value is -0.740. The zero-order valence-corrected chi connectivity index (χ0v) is 12.1. The lowest BCUT2D eigenvalue weighted by molar-refractivity contribution is 0.621. The maximum atomic E-state index is 9.16. The second kappa shape index (κ2) is 7.00. The van der Waals surface area contributed by atoms with Crippen LogP contribution >= 0.6 is 33.0 Å². The van der Waals surface area contributed by atoms with Gasteiger partial charge in [-0.05, 0) is 23.3 Å². The van der Waals surface area contributed by atoms with Crippen molar-refractivity contribution in [2.45, 2.75) is 0 Å². The highest BCUT2D eigenvalue weighted by atomic mass is 36.0. The van der Waals surface area contributed by atoms with E-state index in [1.165, 1.54) is 11.1 Å². The average Bonchev–Trinajstić information content (AvgIpc) is 2.29. The molecule has 0 aliphatic heterocycles. The lowest BCUT2D eigenvalue weighted by atomic mass is 10.1. The maximum absolute atomic E-state index is 9.16. The molecular weight excluding hydrogens is 315 g/mol. The van der Waals surface area contributed by atoms with E-state index in [4.69, 9.17) is 20.0 Å². The van der Waals surface area contributed by atoms with Crippen LogP contribution in [-0.4, -0.2) is 8.42 Å². The van der Waals surface area contributed by atoms with Crippen LogP contribution in [0.2, 0.25) is 5.02 Å². The van der Waals surface area contributed by atoms with Crippen LogP contribution in [0.3, 0.4) is 0 Å². The molecule has 96 valence electrons. The molecule has 2 aromatic carbocycles. The van der Waals surface area contributed by atoms with Gasteiger partial charge in [-0.1, -0.05) is 54.1 Å². The molecule has 0 bridgehead atoms. The van der Waals surface area contributed by atoms with E-state index in [1.54, 1.807) is 0 Å². The smallest absolute Gasteiger partial charge is 0.195 e. The fraction of sp³-hybridized carbons (Fsp3) is 0. The minimum atomic E-state index is -3.72. The Kier molecular flexibility index (Phi) is 5.96. The van der Waals surface area contributed by atoms with Crippen molar-refractivity contribution in [3.8, 4) is 11.1 Å². The van der Waals surface area contributed by atoms with Crippen LogP contribution < -0.4 is 0 Å². The molecule has 0 aliphatic rings. The van der Waals surface area contributed by atoms with Crippen LogP contribution in [0.15, 0.2) is 54.6 Å². The van der Waals surface area contributed by atoms with Crippen LogP contribution in [0, 0.1) is 0 Å². The molecule has 0 saturated carbocycles. The van der Waals surface area contributed by atoms with Gasteiger partial charge >= 0.3 is 8.26 Å². The van der Waals surface area contributed by atoms with Crippen molar-refractivity contribution in [3.05, 3.63) is 59.6 Å². The van der Waals surface area contributed by atoms with Crippen molar-refractivity contribution in [2.75, 3.05) is 0 Å². The molecule has 2 rings (SSSR count). The van der Waals surface area contributed by atoms with Crippen molar-refractivity contribution >= 4 is 41.2 Å². The van der Waals surface area contributed by atoms with E-state index in [1.807, 2.05) is 42.5 Å². The molecule has 6 heteroatoms. The van der Waals surface area contributed by atoms with E-state index >= 15 is 0 Å². The summed E-state index contributed by atoms with van der Waals surface area (Å²) in [6, 6.07) is 18.1. The fourth-order valence-electron chi connectivity index (χ4n) is 1.27. The Bertz CT molecular complexity index is 572. The van der Waals surface area contributed by atoms with Gasteiger partial charge in [-0.2, -0.15) is 8.42 Å². The van der Waals surface area contributed by atoms with Gasteiger partial charge in [0.1, 0.15) is 0 Å². The van der Waals surface area contributed by atoms with Gasteiger partial charge in [-0.25, -0.2) is 0 Å². The summed E-state index contributed by atoms with van der Waals surface area (Å²) >= 11 is 5.80. The van der Waals surface area contributed by atoms with Gasteiger partial charge in [-0.3, -0.25) is 0 Å². The molecular formula is C12H9Cl3O2S. The number of rotatable bonds is 1. The topological polar surface area (TPSA) is 34.1 Å². The molecule has 0 saturated heterocycles. The summed E-state index contributed by atoms with van der Waals surface area (Å²) in [5.41, 5.74) is 2.42. The molecule has 0 aromatic heterocycles. The molecule has 0 radical (unpaired) electrons. The first kappa shape index (κ1) is 15.3. The van der Waals surface area contributed by atoms with Gasteiger partial charge < -0.3 is 0 Å². The van der Waals surface area contributed by atoms with E-state index in [9.17, 15) is 0 Å². The minimum Gasteiger partial charge on any atom is -0.195 e. The van der Waals surface area contributed by atoms with E-state index in [0.29, 0.717) is 0 Å². The molecule has 0 heterocycles. The predicted molar refractivity (Wildman–Crippen MR) is 77.5 cm³/mol. The normalized spacial score (nSPS) is 10.4. The highest BCUT2D eigenvalue weighted by Crippen LogP contribution is 2.20. The Morgan fingerprint density at radius 3 is 1.56 bits per heavy atom. The lowest BCUT2D eigenvalue weighted by Crippen LogP contribution is -1.74. The van der Waals surface area contributed by atoms with Gasteiger partial charge in [0.25, 0.3) is 0 Å². The van der Waals surface area contributed by atoms with Crippen LogP contribution in [-0.2, 0) is 8.26 Å². The molecule has 0 unspecified atom stereocenters. The molecule has 0 atom stereocenters. The molecule has 2 nitrogen and oxygen atoms in total. The second-order valence-electron chi connectivity index (χ2n) is 3.25. The summed E-state index contributed by atoms with van der Waals surface area (Å²) in [4.78, 5) is 0. The Morgan fingerprint density at radius 1 is 0.722 bits per heavy atom. The van der Waals surface area contributed by atoms with Crippen LogP contribution in [0.25, 0.3) is 11.1 Å². The standard InChI is InChI=1S/C12H9Cl.Cl2O2S/c13-12-8-6-11(7-9-12)10-4-2-1-3-5-10;1-5(2,3)4/h1-9H;. The van der Waals surface area contributed by atoms with Crippen LogP contribution in [0.5, 0.6) is 0 Å². The van der Waals surface area contributed by atoms with E-state index < -0.39 is 8.26 Å². The zero-order valence-electron chi connectivity index (χ0n) is 9.05. The molecule has 0 amide bonds. The van der Waals surface area contributed by atoms with Crippen molar-refractivity contribution < 1.29 is 8.42 Å². The molecule has 0 N–H and O–H groups in total. The molecule has 0 spiro atoms. The summed E-state index contributed by atoms with van der Waals surface area (Å²) in [6.07, 6.45) is 0. The monoisotopic (exact) mass is 322 g/mol. The summed E-state index contributed by atoms with van der Waals surface area (Å²) in [5.74, 6) is 0. The van der Waals surface area contributed by atoms with E-state index in [0.717, 1.165) is 5.02 Å². The predicted octanol–water partition coefficient (Wildman–Crippen LogP) is 4.72. The third kappa shape index (κ3) is 6.87. The summed E-state index contributed by atoms with van der Waals surface area (Å²) in [6.45, 7) is 0. The summed E-state index contributed by atoms with van der Waals surface area (Å²) in [5, 5.41) is 0.777. The van der Waals surface area contributed by atoms with Gasteiger partial charge in [0.05, 0.1) is 0 Å². The van der Waals surface area contributed by atoms with Crippen LogP contribution in [0.1, 0.15) is 0 Å². The Morgan fingerprint density at radius 2 is 1.11 bits per heavy atom. The largest absolute Gasteiger partial charge is 0.317 e. The summed E-state index contributed by atoms with van der Waals surface area (Å²) in [7, 11) is 4.81. The molecule has 0 fully saturated rings. The fourth-order valence-corrected chi connectivity index (χ4v) is 1.40. The Balaban J connectivity index is 0.000000280. The lowest BCUT2D eigenvalue weighted by Gasteiger charge is -2.00. The third-order valence-corrected chi connectivity index (χ3v) is 2.20. The SMILES string of the molecule is Clc1ccc(-c2ccccc2)cc1.O=S(=O)(Cl)Cl. The molecule has 18 heavy (non-hydrogen) atoms. The van der Waals surface area contributed by atoms with Gasteiger partial charge in [0.15, 0.2) is 0 Å². The van der Waals surface area contributed by atoms with E-state index in [-0.39, 0.29) is 0 Å². The molecule has 0 aliphatic carbocycles. The van der Waals surface area contributed by atoms with Gasteiger partial charge in [0.2, 0.25) is 0 Å². The first-order valence-electron chi connectivity index (χ1n) is 4.81. The molecule has 2 aromatic rings. The number of halogens is 3. The highest BCUT2D eigenvalue weighted by Gasteiger charge is 1.94. The highest BCUT2D eigenvalue weighted by molar-refractivity contribution is 8.31. The average molecular weight is 324 g/mol. The van der Waals surface area contributed by atoms with Crippen molar-refractivity contribution in [2.24, 2.45) is 0 Å². The van der Waals surface area contributed by atoms with Crippen molar-refractivity contribution in [3.63, 3.8) is 0 Å².